The molecule has 7 rings (SSSR count). The number of ether oxygens (including phenoxy) is 2. The van der Waals surface area contributed by atoms with E-state index in [4.69, 9.17) is 14.0 Å². The fraction of sp³-hybridized carbons (Fsp3) is 0.205. The summed E-state index contributed by atoms with van der Waals surface area (Å²) in [5, 5.41) is 1.83. The van der Waals surface area contributed by atoms with Crippen LogP contribution in [-0.2, 0) is 26.6 Å². The highest BCUT2D eigenvalue weighted by atomic mass is 32.2. The number of hydrogen-bond donors (Lipinski definition) is 1. The van der Waals surface area contributed by atoms with Crippen molar-refractivity contribution in [2.45, 2.75) is 11.8 Å². The molecule has 13 heteroatoms. The molecule has 0 saturated heterocycles. The molecule has 0 atom stereocenters. The van der Waals surface area contributed by atoms with Crippen LogP contribution in [0.3, 0.4) is 0 Å². The van der Waals surface area contributed by atoms with Crippen molar-refractivity contribution in [2.24, 2.45) is 7.05 Å². The van der Waals surface area contributed by atoms with Gasteiger partial charge in [0.25, 0.3) is 10.1 Å². The summed E-state index contributed by atoms with van der Waals surface area (Å²) in [6.07, 6.45) is 3.54. The molecular weight excluding hydrogens is 686 g/mol. The van der Waals surface area contributed by atoms with Gasteiger partial charge in [-0.3, -0.25) is 23.7 Å². The first-order chi connectivity index (χ1) is 25.0. The van der Waals surface area contributed by atoms with Crippen molar-refractivity contribution in [3.63, 3.8) is 0 Å². The molecule has 0 unspecified atom stereocenters. The lowest BCUT2D eigenvalue weighted by Crippen LogP contribution is -2.31. The molecule has 0 aliphatic rings. The normalized spacial score (nSPS) is 11.6. The van der Waals surface area contributed by atoms with Crippen LogP contribution in [-0.4, -0.2) is 72.6 Å². The first kappa shape index (κ1) is 36.3. The fourth-order valence-corrected chi connectivity index (χ4v) is 6.48. The van der Waals surface area contributed by atoms with Crippen LogP contribution in [0.2, 0.25) is 0 Å². The molecule has 7 aromatic rings. The first-order valence-corrected chi connectivity index (χ1v) is 17.9. The zero-order valence-corrected chi connectivity index (χ0v) is 30.0. The highest BCUT2D eigenvalue weighted by molar-refractivity contribution is 7.85. The maximum Gasteiger partial charge on any atom is 0.333 e. The molecule has 3 aromatic heterocycles. The lowest BCUT2D eigenvalue weighted by Gasteiger charge is -2.25. The summed E-state index contributed by atoms with van der Waals surface area (Å²) < 4.78 is 58.7. The Kier molecular flexibility index (Phi) is 10.8. The zero-order valence-electron chi connectivity index (χ0n) is 29.2. The zero-order chi connectivity index (χ0) is 37.0. The highest BCUT2D eigenvalue weighted by Crippen LogP contribution is 2.31. The van der Waals surface area contributed by atoms with Crippen LogP contribution in [0.4, 0.5) is 10.1 Å². The van der Waals surface area contributed by atoms with Crippen LogP contribution < -0.4 is 10.6 Å². The molecule has 0 radical (unpaired) electrons. The second-order valence-electron chi connectivity index (χ2n) is 12.2. The quantitative estimate of drug-likeness (QED) is 0.156. The largest absolute Gasteiger partial charge is 0.383 e. The van der Waals surface area contributed by atoms with Gasteiger partial charge in [0.15, 0.2) is 0 Å². The number of rotatable bonds is 10. The van der Waals surface area contributed by atoms with Crippen molar-refractivity contribution in [2.75, 3.05) is 45.4 Å². The second kappa shape index (κ2) is 15.4. The van der Waals surface area contributed by atoms with Crippen molar-refractivity contribution in [1.29, 1.82) is 0 Å². The predicted molar refractivity (Wildman–Crippen MR) is 201 cm³/mol. The van der Waals surface area contributed by atoms with Crippen LogP contribution in [0.15, 0.2) is 113 Å². The SMILES string of the molecule is COCCN(CCOC)c1ccc(-n2c(=O)n(C)c3cnc4ccc(-c5cnc6ccccc6c5)cc4c32)cc1F.Cc1ccc(S(=O)(=O)O)cc1. The Morgan fingerprint density at radius 1 is 0.827 bits per heavy atom. The van der Waals surface area contributed by atoms with Crippen molar-refractivity contribution in [1.82, 2.24) is 19.1 Å². The van der Waals surface area contributed by atoms with Gasteiger partial charge in [0.2, 0.25) is 0 Å². The number of anilines is 1. The third kappa shape index (κ3) is 7.58. The Balaban J connectivity index is 0.000000362. The van der Waals surface area contributed by atoms with Gasteiger partial charge in [-0.2, -0.15) is 8.42 Å². The molecule has 268 valence electrons. The van der Waals surface area contributed by atoms with Crippen LogP contribution in [0.25, 0.3) is 49.7 Å². The minimum atomic E-state index is -4.02. The lowest BCUT2D eigenvalue weighted by molar-refractivity contribution is 0.190. The maximum atomic E-state index is 15.6. The molecule has 3 heterocycles. The summed E-state index contributed by atoms with van der Waals surface area (Å²) in [6.45, 7) is 3.75. The van der Waals surface area contributed by atoms with E-state index in [9.17, 15) is 13.2 Å². The Morgan fingerprint density at radius 3 is 2.19 bits per heavy atom. The maximum absolute atomic E-state index is 15.6. The van der Waals surface area contributed by atoms with E-state index in [0.717, 1.165) is 38.5 Å². The Morgan fingerprint density at radius 2 is 1.52 bits per heavy atom. The number of benzene rings is 4. The number of imidazole rings is 1. The van der Waals surface area contributed by atoms with Gasteiger partial charge in [0, 0.05) is 63.0 Å². The molecule has 0 saturated carbocycles. The molecule has 0 fully saturated rings. The second-order valence-corrected chi connectivity index (χ2v) is 13.6. The third-order valence-electron chi connectivity index (χ3n) is 8.79. The van der Waals surface area contributed by atoms with E-state index in [0.29, 0.717) is 48.7 Å². The minimum absolute atomic E-state index is 0.0666. The van der Waals surface area contributed by atoms with E-state index in [-0.39, 0.29) is 10.6 Å². The van der Waals surface area contributed by atoms with E-state index >= 15 is 4.39 Å². The van der Waals surface area contributed by atoms with Gasteiger partial charge in [-0.25, -0.2) is 9.18 Å². The van der Waals surface area contributed by atoms with Gasteiger partial charge in [-0.15, -0.1) is 0 Å². The van der Waals surface area contributed by atoms with E-state index < -0.39 is 15.9 Å². The number of pyridine rings is 2. The minimum Gasteiger partial charge on any atom is -0.383 e. The average Bonchev–Trinajstić information content (AvgIpc) is 3.40. The van der Waals surface area contributed by atoms with Gasteiger partial charge >= 0.3 is 5.69 Å². The molecule has 52 heavy (non-hydrogen) atoms. The van der Waals surface area contributed by atoms with E-state index in [1.165, 1.54) is 18.2 Å². The predicted octanol–water partition coefficient (Wildman–Crippen LogP) is 6.57. The molecule has 0 aliphatic carbocycles. The van der Waals surface area contributed by atoms with E-state index in [2.05, 4.69) is 16.0 Å². The van der Waals surface area contributed by atoms with Gasteiger partial charge in [0.1, 0.15) is 5.82 Å². The Hall–Kier alpha value is -5.47. The summed E-state index contributed by atoms with van der Waals surface area (Å²) >= 11 is 0. The monoisotopic (exact) mass is 723 g/mol. The molecule has 4 aromatic carbocycles. The topological polar surface area (TPSA) is 129 Å². The molecule has 0 amide bonds. The third-order valence-corrected chi connectivity index (χ3v) is 9.65. The molecule has 0 aliphatic heterocycles. The number of fused-ring (bicyclic) bond motifs is 4. The molecule has 1 N–H and O–H groups in total. The molecule has 0 spiro atoms. The van der Waals surface area contributed by atoms with E-state index in [1.54, 1.807) is 60.9 Å². The lowest BCUT2D eigenvalue weighted by atomic mass is 10.0. The fourth-order valence-electron chi connectivity index (χ4n) is 6.00. The van der Waals surface area contributed by atoms with Crippen LogP contribution in [0.5, 0.6) is 0 Å². The summed E-state index contributed by atoms with van der Waals surface area (Å²) in [6, 6.07) is 26.9. The van der Waals surface area contributed by atoms with E-state index in [1.807, 2.05) is 60.5 Å². The molecule has 0 bridgehead atoms. The number of hydrogen-bond acceptors (Lipinski definition) is 8. The van der Waals surface area contributed by atoms with Gasteiger partial charge < -0.3 is 14.4 Å². The standard InChI is InChI=1S/C32H30FN5O3.C7H8O3S/c1-36-30-20-35-28-10-8-21(23-16-22-6-4-5-7-27(22)34-19-23)17-25(28)31(30)38(32(36)39)24-9-11-29(26(33)18-24)37(12-14-40-2)13-15-41-3;1-6-2-4-7(5-3-6)11(8,9)10/h4-11,16-20H,12-15H2,1-3H3;2-5H,1H3,(H,8,9,10). The number of halogens is 1. The molecule has 11 nitrogen and oxygen atoms in total. The first-order valence-electron chi connectivity index (χ1n) is 16.4. The van der Waals surface area contributed by atoms with Crippen molar-refractivity contribution in [3.05, 3.63) is 125 Å². The highest BCUT2D eigenvalue weighted by Gasteiger charge is 2.19. The average molecular weight is 724 g/mol. The number of para-hydroxylation sites is 1. The van der Waals surface area contributed by atoms with Crippen LogP contribution in [0, 0.1) is 12.7 Å². The van der Waals surface area contributed by atoms with Crippen molar-refractivity contribution < 1.29 is 26.8 Å². The summed E-state index contributed by atoms with van der Waals surface area (Å²) in [5.41, 5.74) is 6.41. The summed E-state index contributed by atoms with van der Waals surface area (Å²) in [7, 11) is 0.909. The smallest absolute Gasteiger partial charge is 0.333 e. The van der Waals surface area contributed by atoms with Crippen molar-refractivity contribution >= 4 is 48.6 Å². The van der Waals surface area contributed by atoms with Gasteiger partial charge in [0.05, 0.1) is 57.7 Å². The number of aromatic nitrogens is 4. The number of methoxy groups -OCH3 is 2. The van der Waals surface area contributed by atoms with Crippen LogP contribution >= 0.6 is 0 Å². The Labute approximate surface area is 300 Å². The van der Waals surface area contributed by atoms with Gasteiger partial charge in [-0.05, 0) is 61.0 Å². The summed E-state index contributed by atoms with van der Waals surface area (Å²) in [4.78, 5) is 24.6. The molecular formula is C39H38FN5O6S. The number of nitrogens with zero attached hydrogens (tertiary/aromatic N) is 5. The number of aryl methyl sites for hydroxylation is 2. The van der Waals surface area contributed by atoms with Crippen molar-refractivity contribution in [3.8, 4) is 16.8 Å². The van der Waals surface area contributed by atoms with Gasteiger partial charge in [-0.1, -0.05) is 42.0 Å². The van der Waals surface area contributed by atoms with Crippen LogP contribution in [0.1, 0.15) is 5.56 Å². The summed E-state index contributed by atoms with van der Waals surface area (Å²) in [5.74, 6) is -0.431. The Bertz CT molecular complexity index is 2540.